The molecule has 0 atom stereocenters. The lowest BCUT2D eigenvalue weighted by Gasteiger charge is -2.03. The number of esters is 1. The molecule has 1 aromatic carbocycles. The minimum absolute atomic E-state index is 0.0165. The van der Waals surface area contributed by atoms with Crippen LogP contribution in [-0.4, -0.2) is 28.8 Å². The fraction of sp³-hybridized carbons (Fsp3) is 0.200. The van der Waals surface area contributed by atoms with Gasteiger partial charge in [0, 0.05) is 11.8 Å². The predicted octanol–water partition coefficient (Wildman–Crippen LogP) is 2.34. The van der Waals surface area contributed by atoms with E-state index < -0.39 is 17.7 Å². The fourth-order valence-electron chi connectivity index (χ4n) is 1.16. The number of methoxy groups -OCH3 is 1. The summed E-state index contributed by atoms with van der Waals surface area (Å²) in [6.45, 7) is -0.0165. The van der Waals surface area contributed by atoms with Crippen molar-refractivity contribution in [1.29, 1.82) is 5.41 Å². The van der Waals surface area contributed by atoms with Crippen molar-refractivity contribution < 1.29 is 19.1 Å². The Balaban J connectivity index is 2.81. The number of carbonyl (C=O) groups excluding carboxylic acids is 1. The lowest BCUT2D eigenvalue weighted by molar-refractivity contribution is 0.0595. The maximum absolute atomic E-state index is 13.3. The molecular weight excluding hydrogens is 279 g/mol. The van der Waals surface area contributed by atoms with Gasteiger partial charge in [0.05, 0.1) is 19.2 Å². The number of hydroxylamine groups is 1. The van der Waals surface area contributed by atoms with E-state index in [2.05, 4.69) is 15.0 Å². The number of azo groups is 1. The Bertz CT molecular complexity index is 521. The van der Waals surface area contributed by atoms with Crippen LogP contribution in [0.15, 0.2) is 28.4 Å². The van der Waals surface area contributed by atoms with E-state index in [0.29, 0.717) is 5.56 Å². The first kappa shape index (κ1) is 15.0. The zero-order valence-electron chi connectivity index (χ0n) is 9.80. The Morgan fingerprint density at radius 1 is 1.63 bits per heavy atom. The maximum atomic E-state index is 13.3. The number of nitrogens with zero attached hydrogens (tertiary/aromatic N) is 3. The molecule has 2 N–H and O–H groups in total. The molecular formula is C10H10ClFN4O3. The van der Waals surface area contributed by atoms with Crippen LogP contribution in [0.2, 0.25) is 0 Å². The maximum Gasteiger partial charge on any atom is 0.340 e. The molecule has 0 radical (unpaired) electrons. The average Bonchev–Trinajstić information content (AvgIpc) is 2.39. The molecule has 0 aromatic heterocycles. The van der Waals surface area contributed by atoms with Gasteiger partial charge in [-0.3, -0.25) is 10.6 Å². The van der Waals surface area contributed by atoms with Gasteiger partial charge in [0.15, 0.2) is 0 Å². The molecule has 1 rings (SSSR count). The lowest BCUT2D eigenvalue weighted by atomic mass is 10.1. The molecule has 7 nitrogen and oxygen atoms in total. The minimum atomic E-state index is -0.800. The monoisotopic (exact) mass is 288 g/mol. The Morgan fingerprint density at radius 3 is 2.89 bits per heavy atom. The summed E-state index contributed by atoms with van der Waals surface area (Å²) in [4.78, 5) is 11.3. The number of hydrogen-bond acceptors (Lipinski definition) is 5. The van der Waals surface area contributed by atoms with Gasteiger partial charge in [-0.2, -0.15) is 5.11 Å². The van der Waals surface area contributed by atoms with Crippen LogP contribution in [0.5, 0.6) is 0 Å². The van der Waals surface area contributed by atoms with Crippen LogP contribution in [0.25, 0.3) is 0 Å². The van der Waals surface area contributed by atoms with Crippen molar-refractivity contribution in [1.82, 2.24) is 4.58 Å². The van der Waals surface area contributed by atoms with E-state index in [1.807, 2.05) is 0 Å². The van der Waals surface area contributed by atoms with Crippen molar-refractivity contribution in [2.24, 2.45) is 10.2 Å². The van der Waals surface area contributed by atoms with E-state index in [9.17, 15) is 9.18 Å². The first-order valence-corrected chi connectivity index (χ1v) is 5.27. The number of carbonyl (C=O) groups is 1. The third-order valence-electron chi connectivity index (χ3n) is 2.03. The van der Waals surface area contributed by atoms with Crippen molar-refractivity contribution in [3.63, 3.8) is 0 Å². The molecule has 0 saturated carbocycles. The van der Waals surface area contributed by atoms with Gasteiger partial charge in [0.25, 0.3) is 5.96 Å². The van der Waals surface area contributed by atoms with Gasteiger partial charge in [-0.05, 0) is 17.7 Å². The summed E-state index contributed by atoms with van der Waals surface area (Å²) >= 11 is 5.02. The molecule has 9 heteroatoms. The highest BCUT2D eigenvalue weighted by Crippen LogP contribution is 2.13. The molecule has 0 bridgehead atoms. The second kappa shape index (κ2) is 6.76. The second-order valence-corrected chi connectivity index (χ2v) is 3.61. The molecule has 0 amide bonds. The van der Waals surface area contributed by atoms with E-state index in [4.69, 9.17) is 22.4 Å². The number of guanidine groups is 1. The fourth-order valence-corrected chi connectivity index (χ4v) is 1.19. The minimum Gasteiger partial charge on any atom is -0.465 e. The van der Waals surface area contributed by atoms with Gasteiger partial charge < -0.3 is 4.74 Å². The standard InChI is InChI=1S/C10H10ClFN4O3/c1-19-9(17)7-4-6(2-3-8(7)12)5-14-15-10(13)16(11)18/h2-4,13,18H,5H2,1H3. The summed E-state index contributed by atoms with van der Waals surface area (Å²) in [5.74, 6) is -2.18. The molecule has 0 aliphatic rings. The topological polar surface area (TPSA) is 98.3 Å². The molecule has 0 spiro atoms. The van der Waals surface area contributed by atoms with E-state index in [0.717, 1.165) is 13.2 Å². The molecule has 0 saturated heterocycles. The Hall–Kier alpha value is -2.06. The summed E-state index contributed by atoms with van der Waals surface area (Å²) in [6, 6.07) is 3.77. The molecule has 0 aliphatic carbocycles. The molecule has 1 aromatic rings. The van der Waals surface area contributed by atoms with Crippen LogP contribution < -0.4 is 0 Å². The van der Waals surface area contributed by atoms with Crippen molar-refractivity contribution >= 4 is 23.7 Å². The van der Waals surface area contributed by atoms with E-state index in [1.54, 1.807) is 0 Å². The lowest BCUT2D eigenvalue weighted by Crippen LogP contribution is -2.12. The highest BCUT2D eigenvalue weighted by atomic mass is 35.5. The van der Waals surface area contributed by atoms with Gasteiger partial charge in [0.1, 0.15) is 5.82 Å². The van der Waals surface area contributed by atoms with E-state index >= 15 is 0 Å². The van der Waals surface area contributed by atoms with Crippen molar-refractivity contribution in [2.45, 2.75) is 6.54 Å². The SMILES string of the molecule is COC(=O)c1cc(CN=NC(=N)N(O)Cl)ccc1F. The third kappa shape index (κ3) is 4.27. The van der Waals surface area contributed by atoms with Crippen molar-refractivity contribution in [2.75, 3.05) is 7.11 Å². The summed E-state index contributed by atoms with van der Waals surface area (Å²) < 4.78 is 17.7. The van der Waals surface area contributed by atoms with Crippen molar-refractivity contribution in [3.05, 3.63) is 35.1 Å². The molecule has 0 aliphatic heterocycles. The van der Waals surface area contributed by atoms with Crippen molar-refractivity contribution in [3.8, 4) is 0 Å². The van der Waals surface area contributed by atoms with Crippen LogP contribution in [0.4, 0.5) is 4.39 Å². The Labute approximate surface area is 112 Å². The first-order valence-electron chi connectivity index (χ1n) is 4.93. The largest absolute Gasteiger partial charge is 0.465 e. The normalized spacial score (nSPS) is 10.5. The summed E-state index contributed by atoms with van der Waals surface area (Å²) in [5, 5.41) is 22.5. The van der Waals surface area contributed by atoms with E-state index in [1.165, 1.54) is 12.1 Å². The van der Waals surface area contributed by atoms with Gasteiger partial charge >= 0.3 is 5.97 Å². The highest BCUT2D eigenvalue weighted by molar-refractivity contribution is 6.20. The van der Waals surface area contributed by atoms with Gasteiger partial charge in [0.2, 0.25) is 0 Å². The van der Waals surface area contributed by atoms with Crippen LogP contribution in [0.1, 0.15) is 15.9 Å². The number of rotatable bonds is 3. The average molecular weight is 289 g/mol. The van der Waals surface area contributed by atoms with E-state index in [-0.39, 0.29) is 16.7 Å². The summed E-state index contributed by atoms with van der Waals surface area (Å²) in [7, 11) is 1.14. The summed E-state index contributed by atoms with van der Waals surface area (Å²) in [5.41, 5.74) is 0.267. The number of nitrogens with one attached hydrogen (secondary N) is 1. The molecule has 0 heterocycles. The zero-order valence-corrected chi connectivity index (χ0v) is 10.6. The van der Waals surface area contributed by atoms with Gasteiger partial charge in [-0.15, -0.1) is 9.70 Å². The van der Waals surface area contributed by atoms with Gasteiger partial charge in [-0.25, -0.2) is 9.18 Å². The predicted molar refractivity (Wildman–Crippen MR) is 63.5 cm³/mol. The number of ether oxygens (including phenoxy) is 1. The number of halogens is 2. The third-order valence-corrected chi connectivity index (χ3v) is 2.19. The quantitative estimate of drug-likeness (QED) is 0.223. The Kier molecular flexibility index (Phi) is 5.34. The second-order valence-electron chi connectivity index (χ2n) is 3.29. The first-order chi connectivity index (χ1) is 8.95. The molecule has 19 heavy (non-hydrogen) atoms. The Morgan fingerprint density at radius 2 is 2.32 bits per heavy atom. The zero-order chi connectivity index (χ0) is 14.4. The summed E-state index contributed by atoms with van der Waals surface area (Å²) in [6.07, 6.45) is 0. The van der Waals surface area contributed by atoms with Crippen LogP contribution in [0.3, 0.4) is 0 Å². The van der Waals surface area contributed by atoms with Crippen LogP contribution in [-0.2, 0) is 11.3 Å². The number of hydrogen-bond donors (Lipinski definition) is 2. The number of benzene rings is 1. The highest BCUT2D eigenvalue weighted by Gasteiger charge is 2.12. The van der Waals surface area contributed by atoms with Crippen LogP contribution >= 0.6 is 11.8 Å². The molecule has 0 unspecified atom stereocenters. The molecule has 0 fully saturated rings. The van der Waals surface area contributed by atoms with Crippen LogP contribution in [0, 0.1) is 11.2 Å². The smallest absolute Gasteiger partial charge is 0.340 e. The van der Waals surface area contributed by atoms with Gasteiger partial charge in [-0.1, -0.05) is 6.07 Å². The molecule has 102 valence electrons.